The first-order chi connectivity index (χ1) is 15.3. The minimum absolute atomic E-state index is 0.0408. The standard InChI is InChI=1S/C25H32N4O3/c1-20-8-10-21(11-9-20)17-29(32)18-23(24(30)19-29)28-14-12-27(13-15-28)16-25(31)26(2)22-6-4-3-5-7-22/h3-11,23H,12-19H2,1-2H3/t23-,29?/m0/s1. The Morgan fingerprint density at radius 3 is 2.38 bits per heavy atom. The number of piperazine rings is 1. The molecule has 170 valence electrons. The number of para-hydroxylation sites is 1. The molecule has 0 aromatic heterocycles. The fraction of sp³-hybridized carbons (Fsp3) is 0.440. The van der Waals surface area contributed by atoms with Crippen LogP contribution in [0.4, 0.5) is 5.69 Å². The Morgan fingerprint density at radius 2 is 1.72 bits per heavy atom. The number of carbonyl (C=O) groups excluding carboxylic acids is 2. The molecule has 0 spiro atoms. The molecule has 2 heterocycles. The van der Waals surface area contributed by atoms with Gasteiger partial charge in [0, 0.05) is 44.5 Å². The molecule has 2 aliphatic rings. The summed E-state index contributed by atoms with van der Waals surface area (Å²) in [4.78, 5) is 31.3. The van der Waals surface area contributed by atoms with E-state index in [0.29, 0.717) is 32.7 Å². The van der Waals surface area contributed by atoms with Crippen molar-refractivity contribution >= 4 is 17.4 Å². The van der Waals surface area contributed by atoms with Crippen LogP contribution in [-0.4, -0.2) is 85.0 Å². The molecule has 32 heavy (non-hydrogen) atoms. The average Bonchev–Trinajstić information content (AvgIpc) is 3.09. The van der Waals surface area contributed by atoms with Crippen LogP contribution in [0.25, 0.3) is 0 Å². The number of ketones is 1. The highest BCUT2D eigenvalue weighted by Gasteiger charge is 2.43. The van der Waals surface area contributed by atoms with Crippen molar-refractivity contribution in [3.8, 4) is 0 Å². The molecule has 2 fully saturated rings. The van der Waals surface area contributed by atoms with E-state index in [1.807, 2.05) is 61.5 Å². The Morgan fingerprint density at radius 1 is 1.06 bits per heavy atom. The number of hydrogen-bond donors (Lipinski definition) is 0. The number of nitrogens with zero attached hydrogens (tertiary/aromatic N) is 4. The Kier molecular flexibility index (Phi) is 6.71. The molecule has 7 nitrogen and oxygen atoms in total. The summed E-state index contributed by atoms with van der Waals surface area (Å²) in [5.74, 6) is 0.0929. The van der Waals surface area contributed by atoms with Gasteiger partial charge in [-0.25, -0.2) is 0 Å². The molecule has 4 rings (SSSR count). The molecular weight excluding hydrogens is 404 g/mol. The number of hydrogen-bond acceptors (Lipinski definition) is 5. The summed E-state index contributed by atoms with van der Waals surface area (Å²) >= 11 is 0. The number of likely N-dealkylation sites (N-methyl/N-ethyl adjacent to an activating group) is 1. The predicted molar refractivity (Wildman–Crippen MR) is 125 cm³/mol. The second-order valence-electron chi connectivity index (χ2n) is 9.13. The van der Waals surface area contributed by atoms with E-state index >= 15 is 0 Å². The molecule has 0 radical (unpaired) electrons. The van der Waals surface area contributed by atoms with Crippen LogP contribution in [0.2, 0.25) is 0 Å². The van der Waals surface area contributed by atoms with Gasteiger partial charge in [0.05, 0.1) is 6.54 Å². The van der Waals surface area contributed by atoms with Crippen LogP contribution in [0.5, 0.6) is 0 Å². The summed E-state index contributed by atoms with van der Waals surface area (Å²) in [6, 6.07) is 17.3. The van der Waals surface area contributed by atoms with Crippen LogP contribution in [0.15, 0.2) is 54.6 Å². The van der Waals surface area contributed by atoms with E-state index in [1.54, 1.807) is 11.9 Å². The van der Waals surface area contributed by atoms with Crippen molar-refractivity contribution in [3.63, 3.8) is 0 Å². The second kappa shape index (κ2) is 9.50. The molecule has 2 atom stereocenters. The highest BCUT2D eigenvalue weighted by Crippen LogP contribution is 2.24. The zero-order valence-corrected chi connectivity index (χ0v) is 18.9. The molecule has 2 aromatic carbocycles. The van der Waals surface area contributed by atoms with E-state index in [0.717, 1.165) is 29.9 Å². The lowest BCUT2D eigenvalue weighted by molar-refractivity contribution is -0.879. The van der Waals surface area contributed by atoms with Crippen LogP contribution in [0.1, 0.15) is 11.1 Å². The number of benzene rings is 2. The Balaban J connectivity index is 1.29. The quantitative estimate of drug-likeness (QED) is 0.512. The van der Waals surface area contributed by atoms with Crippen LogP contribution in [-0.2, 0) is 16.1 Å². The van der Waals surface area contributed by atoms with Gasteiger partial charge in [-0.1, -0.05) is 48.0 Å². The first kappa shape index (κ1) is 22.6. The maximum absolute atomic E-state index is 13.3. The highest BCUT2D eigenvalue weighted by molar-refractivity contribution is 5.94. The Hall–Kier alpha value is -2.58. The van der Waals surface area contributed by atoms with E-state index in [4.69, 9.17) is 0 Å². The molecule has 2 aromatic rings. The normalized spacial score (nSPS) is 24.6. The molecule has 2 aliphatic heterocycles. The zero-order valence-electron chi connectivity index (χ0n) is 18.9. The van der Waals surface area contributed by atoms with Crippen molar-refractivity contribution in [1.82, 2.24) is 9.80 Å². The number of Topliss-reactive ketones (excluding diaryl/α,β-unsaturated/α-hetero) is 1. The minimum atomic E-state index is -0.479. The molecule has 2 saturated heterocycles. The van der Waals surface area contributed by atoms with Crippen molar-refractivity contribution in [2.24, 2.45) is 0 Å². The number of quaternary nitrogens is 1. The van der Waals surface area contributed by atoms with Gasteiger partial charge in [-0.05, 0) is 19.1 Å². The molecule has 0 N–H and O–H groups in total. The Labute approximate surface area is 190 Å². The molecule has 7 heteroatoms. The summed E-state index contributed by atoms with van der Waals surface area (Å²) in [6.45, 7) is 5.89. The number of likely N-dealkylation sites (tertiary alicyclic amines) is 1. The number of carbonyl (C=O) groups is 2. The third-order valence-electron chi connectivity index (χ3n) is 6.64. The predicted octanol–water partition coefficient (Wildman–Crippen LogP) is 2.04. The maximum atomic E-state index is 13.3. The van der Waals surface area contributed by atoms with Crippen molar-refractivity contribution in [2.45, 2.75) is 19.5 Å². The third-order valence-corrected chi connectivity index (χ3v) is 6.64. The van der Waals surface area contributed by atoms with E-state index in [2.05, 4.69) is 9.80 Å². The van der Waals surface area contributed by atoms with E-state index in [-0.39, 0.29) is 24.3 Å². The smallest absolute Gasteiger partial charge is 0.240 e. The average molecular weight is 437 g/mol. The summed E-state index contributed by atoms with van der Waals surface area (Å²) in [6.07, 6.45) is 0. The molecule has 0 bridgehead atoms. The summed E-state index contributed by atoms with van der Waals surface area (Å²) < 4.78 is -0.479. The molecule has 1 amide bonds. The largest absolute Gasteiger partial charge is 0.632 e. The summed E-state index contributed by atoms with van der Waals surface area (Å²) in [5, 5.41) is 13.3. The van der Waals surface area contributed by atoms with E-state index in [9.17, 15) is 14.8 Å². The number of anilines is 1. The first-order valence-electron chi connectivity index (χ1n) is 11.3. The first-order valence-corrected chi connectivity index (χ1v) is 11.3. The molecule has 0 aliphatic carbocycles. The number of aryl methyl sites for hydroxylation is 1. The minimum Gasteiger partial charge on any atom is -0.632 e. The van der Waals surface area contributed by atoms with Gasteiger partial charge in [0.2, 0.25) is 11.7 Å². The van der Waals surface area contributed by atoms with Crippen molar-refractivity contribution in [1.29, 1.82) is 0 Å². The second-order valence-corrected chi connectivity index (χ2v) is 9.13. The van der Waals surface area contributed by atoms with Crippen molar-refractivity contribution in [2.75, 3.05) is 57.8 Å². The topological polar surface area (TPSA) is 66.9 Å². The van der Waals surface area contributed by atoms with Crippen LogP contribution >= 0.6 is 0 Å². The van der Waals surface area contributed by atoms with Gasteiger partial charge in [-0.3, -0.25) is 19.4 Å². The fourth-order valence-corrected chi connectivity index (χ4v) is 4.66. The van der Waals surface area contributed by atoms with Gasteiger partial charge in [0.1, 0.15) is 25.7 Å². The summed E-state index contributed by atoms with van der Waals surface area (Å²) in [5.41, 5.74) is 3.02. The van der Waals surface area contributed by atoms with Crippen molar-refractivity contribution in [3.05, 3.63) is 70.9 Å². The molecule has 1 unspecified atom stereocenters. The van der Waals surface area contributed by atoms with Gasteiger partial charge < -0.3 is 14.8 Å². The lowest BCUT2D eigenvalue weighted by Crippen LogP contribution is -2.54. The zero-order chi connectivity index (χ0) is 22.7. The number of amides is 1. The lowest BCUT2D eigenvalue weighted by Gasteiger charge is -2.40. The van der Waals surface area contributed by atoms with Gasteiger partial charge in [-0.2, -0.15) is 0 Å². The van der Waals surface area contributed by atoms with Crippen LogP contribution < -0.4 is 4.90 Å². The van der Waals surface area contributed by atoms with E-state index < -0.39 is 4.65 Å². The maximum Gasteiger partial charge on any atom is 0.240 e. The number of rotatable bonds is 6. The Bertz CT molecular complexity index is 941. The van der Waals surface area contributed by atoms with E-state index in [1.165, 1.54) is 0 Å². The van der Waals surface area contributed by atoms with Gasteiger partial charge in [0.25, 0.3) is 0 Å². The van der Waals surface area contributed by atoms with Crippen LogP contribution in [0.3, 0.4) is 0 Å². The molecule has 0 saturated carbocycles. The van der Waals surface area contributed by atoms with Gasteiger partial charge >= 0.3 is 0 Å². The van der Waals surface area contributed by atoms with Gasteiger partial charge in [-0.15, -0.1) is 0 Å². The SMILES string of the molecule is Cc1ccc(C[N+]2([O-])CC(=O)[C@@H](N3CCN(CC(=O)N(C)c4ccccc4)CC3)C2)cc1. The summed E-state index contributed by atoms with van der Waals surface area (Å²) in [7, 11) is 1.80. The highest BCUT2D eigenvalue weighted by atomic mass is 16.5. The number of hydroxylamine groups is 3. The lowest BCUT2D eigenvalue weighted by atomic mass is 10.1. The third kappa shape index (κ3) is 5.24. The van der Waals surface area contributed by atoms with Gasteiger partial charge in [0.15, 0.2) is 0 Å². The molecular formula is C25H32N4O3. The fourth-order valence-electron chi connectivity index (χ4n) is 4.66. The van der Waals surface area contributed by atoms with Crippen LogP contribution in [0, 0.1) is 12.1 Å². The van der Waals surface area contributed by atoms with Crippen molar-refractivity contribution < 1.29 is 14.2 Å². The monoisotopic (exact) mass is 436 g/mol.